The molecule has 1 atom stereocenters. The molecule has 1 aromatic rings. The maximum atomic E-state index is 12.6. The number of hydrogen-bond donors (Lipinski definition) is 1. The molecule has 1 aliphatic heterocycles. The molecule has 1 N–H and O–H groups in total. The zero-order valence-corrected chi connectivity index (χ0v) is 7.48. The van der Waals surface area contributed by atoms with E-state index in [2.05, 4.69) is 0 Å². The largest absolute Gasteiger partial charge is 0.383 e. The van der Waals surface area contributed by atoms with E-state index >= 15 is 0 Å². The van der Waals surface area contributed by atoms with Crippen LogP contribution in [0.1, 0.15) is 6.42 Å². The van der Waals surface area contributed by atoms with E-state index in [4.69, 9.17) is 0 Å². The molecule has 0 saturated carbocycles. The summed E-state index contributed by atoms with van der Waals surface area (Å²) in [5, 5.41) is 9.22. The molecule has 1 aromatic carbocycles. The van der Waals surface area contributed by atoms with Gasteiger partial charge >= 0.3 is 0 Å². The lowest BCUT2D eigenvalue weighted by Gasteiger charge is -2.15. The first-order valence-corrected chi connectivity index (χ1v) is 4.43. The lowest BCUT2D eigenvalue weighted by atomic mass is 10.3. The molecule has 4 heteroatoms. The molecule has 0 radical (unpaired) electrons. The summed E-state index contributed by atoms with van der Waals surface area (Å²) in [5.41, 5.74) is 0.632. The molecule has 1 amide bonds. The summed E-state index contributed by atoms with van der Waals surface area (Å²) in [6, 6.07) is 5.66. The van der Waals surface area contributed by atoms with E-state index in [9.17, 15) is 14.3 Å². The van der Waals surface area contributed by atoms with Gasteiger partial charge in [-0.05, 0) is 24.3 Å². The molecule has 74 valence electrons. The highest BCUT2D eigenvalue weighted by Crippen LogP contribution is 2.21. The molecule has 14 heavy (non-hydrogen) atoms. The van der Waals surface area contributed by atoms with Crippen molar-refractivity contribution in [3.63, 3.8) is 0 Å². The summed E-state index contributed by atoms with van der Waals surface area (Å²) in [4.78, 5) is 12.8. The lowest BCUT2D eigenvalue weighted by molar-refractivity contribution is -0.123. The van der Waals surface area contributed by atoms with Gasteiger partial charge in [-0.2, -0.15) is 0 Å². The van der Waals surface area contributed by atoms with Gasteiger partial charge in [-0.3, -0.25) is 4.79 Å². The van der Waals surface area contributed by atoms with Gasteiger partial charge in [0.05, 0.1) is 0 Å². The van der Waals surface area contributed by atoms with Crippen molar-refractivity contribution in [1.82, 2.24) is 0 Å². The number of benzene rings is 1. The number of carbonyl (C=O) groups is 1. The standard InChI is InChI=1S/C10H10FNO2/c11-7-1-3-8(4-2-7)12-6-5-9(13)10(12)14/h1-4,9,13H,5-6H2/t9-/m1/s1. The fourth-order valence-electron chi connectivity index (χ4n) is 1.54. The highest BCUT2D eigenvalue weighted by molar-refractivity contribution is 5.98. The van der Waals surface area contributed by atoms with Crippen LogP contribution < -0.4 is 4.90 Å². The van der Waals surface area contributed by atoms with E-state index in [-0.39, 0.29) is 11.7 Å². The smallest absolute Gasteiger partial charge is 0.255 e. The first-order valence-electron chi connectivity index (χ1n) is 4.43. The van der Waals surface area contributed by atoms with E-state index in [1.54, 1.807) is 0 Å². The maximum Gasteiger partial charge on any atom is 0.255 e. The number of hydrogen-bond acceptors (Lipinski definition) is 2. The molecular weight excluding hydrogens is 185 g/mol. The van der Waals surface area contributed by atoms with E-state index in [0.29, 0.717) is 18.7 Å². The summed E-state index contributed by atoms with van der Waals surface area (Å²) < 4.78 is 12.6. The molecule has 1 saturated heterocycles. The Hall–Kier alpha value is -1.42. The van der Waals surface area contributed by atoms with Crippen molar-refractivity contribution in [2.24, 2.45) is 0 Å². The molecule has 1 fully saturated rings. The molecule has 0 bridgehead atoms. The third-order valence-corrected chi connectivity index (χ3v) is 2.32. The number of halogens is 1. The first-order chi connectivity index (χ1) is 6.68. The number of amides is 1. The molecule has 0 aromatic heterocycles. The van der Waals surface area contributed by atoms with Crippen molar-refractivity contribution in [3.8, 4) is 0 Å². The van der Waals surface area contributed by atoms with Crippen LogP contribution in [-0.2, 0) is 4.79 Å². The zero-order chi connectivity index (χ0) is 10.1. The van der Waals surface area contributed by atoms with Gasteiger partial charge in [0.1, 0.15) is 11.9 Å². The van der Waals surface area contributed by atoms with Crippen LogP contribution in [0.5, 0.6) is 0 Å². The topological polar surface area (TPSA) is 40.5 Å². The van der Waals surface area contributed by atoms with Crippen LogP contribution in [-0.4, -0.2) is 23.7 Å². The highest BCUT2D eigenvalue weighted by Gasteiger charge is 2.30. The average Bonchev–Trinajstić information content (AvgIpc) is 2.50. The Morgan fingerprint density at radius 1 is 1.36 bits per heavy atom. The quantitative estimate of drug-likeness (QED) is 0.724. The number of nitrogens with zero attached hydrogens (tertiary/aromatic N) is 1. The van der Waals surface area contributed by atoms with Crippen molar-refractivity contribution < 1.29 is 14.3 Å². The van der Waals surface area contributed by atoms with Gasteiger partial charge in [0, 0.05) is 18.7 Å². The molecule has 1 heterocycles. The highest BCUT2D eigenvalue weighted by atomic mass is 19.1. The summed E-state index contributed by atoms with van der Waals surface area (Å²) in [5.74, 6) is -0.641. The lowest BCUT2D eigenvalue weighted by Crippen LogP contribution is -2.28. The Kier molecular flexibility index (Phi) is 2.21. The third-order valence-electron chi connectivity index (χ3n) is 2.32. The molecular formula is C10H10FNO2. The monoisotopic (exact) mass is 195 g/mol. The maximum absolute atomic E-state index is 12.6. The van der Waals surface area contributed by atoms with E-state index < -0.39 is 6.10 Å². The van der Waals surface area contributed by atoms with Gasteiger partial charge < -0.3 is 10.0 Å². The second-order valence-corrected chi connectivity index (χ2v) is 3.27. The summed E-state index contributed by atoms with van der Waals surface area (Å²) in [6.45, 7) is 0.492. The van der Waals surface area contributed by atoms with Crippen LogP contribution in [0.15, 0.2) is 24.3 Å². The van der Waals surface area contributed by atoms with E-state index in [1.165, 1.54) is 29.2 Å². The van der Waals surface area contributed by atoms with Gasteiger partial charge in [0.2, 0.25) is 0 Å². The molecule has 0 unspecified atom stereocenters. The van der Waals surface area contributed by atoms with Gasteiger partial charge in [0.15, 0.2) is 0 Å². The Morgan fingerprint density at radius 2 is 2.00 bits per heavy atom. The Bertz CT molecular complexity index is 350. The summed E-state index contributed by atoms with van der Waals surface area (Å²) in [6.07, 6.45) is -0.462. The van der Waals surface area contributed by atoms with Gasteiger partial charge in [0.25, 0.3) is 5.91 Å². The van der Waals surface area contributed by atoms with Gasteiger partial charge in [-0.1, -0.05) is 0 Å². The van der Waals surface area contributed by atoms with Crippen molar-refractivity contribution >= 4 is 11.6 Å². The van der Waals surface area contributed by atoms with Crippen molar-refractivity contribution in [2.75, 3.05) is 11.4 Å². The Morgan fingerprint density at radius 3 is 2.50 bits per heavy atom. The molecule has 2 rings (SSSR count). The predicted molar refractivity (Wildman–Crippen MR) is 49.4 cm³/mol. The SMILES string of the molecule is O=C1[C@H](O)CCN1c1ccc(F)cc1. The van der Waals surface area contributed by atoms with Crippen molar-refractivity contribution in [3.05, 3.63) is 30.1 Å². The van der Waals surface area contributed by atoms with Crippen LogP contribution in [0, 0.1) is 5.82 Å². The number of aliphatic hydroxyl groups excluding tert-OH is 1. The van der Waals surface area contributed by atoms with Gasteiger partial charge in [-0.25, -0.2) is 4.39 Å². The number of anilines is 1. The fourth-order valence-corrected chi connectivity index (χ4v) is 1.54. The number of carbonyl (C=O) groups excluding carboxylic acids is 1. The van der Waals surface area contributed by atoms with Gasteiger partial charge in [-0.15, -0.1) is 0 Å². The first kappa shape index (κ1) is 9.15. The Labute approximate surface area is 80.8 Å². The normalized spacial score (nSPS) is 21.7. The Balaban J connectivity index is 2.24. The summed E-state index contributed by atoms with van der Waals surface area (Å²) in [7, 11) is 0. The minimum atomic E-state index is -0.903. The van der Waals surface area contributed by atoms with Crippen LogP contribution in [0.2, 0.25) is 0 Å². The summed E-state index contributed by atoms with van der Waals surface area (Å²) >= 11 is 0. The molecule has 1 aliphatic rings. The second-order valence-electron chi connectivity index (χ2n) is 3.27. The van der Waals surface area contributed by atoms with Crippen molar-refractivity contribution in [2.45, 2.75) is 12.5 Å². The van der Waals surface area contributed by atoms with Crippen LogP contribution in [0.25, 0.3) is 0 Å². The van der Waals surface area contributed by atoms with Crippen LogP contribution in [0.3, 0.4) is 0 Å². The number of aliphatic hydroxyl groups is 1. The fraction of sp³-hybridized carbons (Fsp3) is 0.300. The van der Waals surface area contributed by atoms with Crippen molar-refractivity contribution in [1.29, 1.82) is 0 Å². The third kappa shape index (κ3) is 1.48. The van der Waals surface area contributed by atoms with E-state index in [0.717, 1.165) is 0 Å². The zero-order valence-electron chi connectivity index (χ0n) is 7.48. The van der Waals surface area contributed by atoms with Crippen LogP contribution in [0.4, 0.5) is 10.1 Å². The molecule has 0 spiro atoms. The average molecular weight is 195 g/mol. The number of rotatable bonds is 1. The van der Waals surface area contributed by atoms with E-state index in [1.807, 2.05) is 0 Å². The minimum absolute atomic E-state index is 0.309. The molecule has 3 nitrogen and oxygen atoms in total. The molecule has 0 aliphatic carbocycles. The minimum Gasteiger partial charge on any atom is -0.383 e. The second kappa shape index (κ2) is 3.38. The predicted octanol–water partition coefficient (Wildman–Crippen LogP) is 0.923. The van der Waals surface area contributed by atoms with Crippen LogP contribution >= 0.6 is 0 Å².